The molecule has 1 unspecified atom stereocenters. The van der Waals surface area contributed by atoms with Crippen molar-refractivity contribution in [2.75, 3.05) is 32.5 Å². The van der Waals surface area contributed by atoms with Crippen LogP contribution < -0.4 is 4.74 Å². The predicted octanol–water partition coefficient (Wildman–Crippen LogP) is 5.71. The summed E-state index contributed by atoms with van der Waals surface area (Å²) < 4.78 is 5.36. The van der Waals surface area contributed by atoms with Crippen molar-refractivity contribution in [3.63, 3.8) is 0 Å². The number of thioether (sulfide) groups is 1. The maximum absolute atomic E-state index is 11.6. The van der Waals surface area contributed by atoms with Gasteiger partial charge in [0.05, 0.1) is 18.7 Å². The molecule has 1 aliphatic heterocycles. The third kappa shape index (κ3) is 7.19. The monoisotopic (exact) mass is 514 g/mol. The van der Waals surface area contributed by atoms with Crippen molar-refractivity contribution < 1.29 is 19.7 Å². The minimum Gasteiger partial charge on any atom is -0.497 e. The van der Waals surface area contributed by atoms with Crippen LogP contribution in [0.15, 0.2) is 52.2 Å². The fourth-order valence-corrected chi connectivity index (χ4v) is 6.81. The summed E-state index contributed by atoms with van der Waals surface area (Å²) in [5, 5.41) is 25.8. The van der Waals surface area contributed by atoms with E-state index in [1.165, 1.54) is 4.90 Å². The van der Waals surface area contributed by atoms with Gasteiger partial charge in [-0.25, -0.2) is 0 Å². The number of hydrogen-bond donors (Lipinski definition) is 2. The second-order valence-corrected chi connectivity index (χ2v) is 11.2. The molecule has 0 bridgehead atoms. The normalized spacial score (nSPS) is 19.6. The Labute approximate surface area is 215 Å². The van der Waals surface area contributed by atoms with Crippen LogP contribution in [0.3, 0.4) is 0 Å². The Hall–Kier alpha value is -2.13. The van der Waals surface area contributed by atoms with Gasteiger partial charge in [-0.2, -0.15) is 11.3 Å². The van der Waals surface area contributed by atoms with Gasteiger partial charge in [0.15, 0.2) is 0 Å². The first-order valence-corrected chi connectivity index (χ1v) is 14.2. The average Bonchev–Trinajstić information content (AvgIpc) is 3.38. The lowest BCUT2D eigenvalue weighted by Gasteiger charge is -2.38. The number of aromatic nitrogens is 1. The van der Waals surface area contributed by atoms with Gasteiger partial charge in [0.2, 0.25) is 0 Å². The molecule has 3 atom stereocenters. The van der Waals surface area contributed by atoms with Gasteiger partial charge < -0.3 is 19.8 Å². The maximum Gasteiger partial charge on any atom is 0.303 e. The highest BCUT2D eigenvalue weighted by molar-refractivity contribution is 7.99. The fourth-order valence-electron chi connectivity index (χ4n) is 5.10. The third-order valence-corrected chi connectivity index (χ3v) is 8.86. The number of likely N-dealkylation sites (tertiary alicyclic amines) is 1. The second-order valence-electron chi connectivity index (χ2n) is 9.24. The summed E-state index contributed by atoms with van der Waals surface area (Å²) in [6.45, 7) is 2.83. The number of carboxylic acid groups (broad SMARTS) is 1. The van der Waals surface area contributed by atoms with Crippen LogP contribution >= 0.6 is 23.1 Å². The fraction of sp³-hybridized carbons (Fsp3) is 0.481. The number of piperidine rings is 1. The number of aliphatic hydroxyl groups excluding tert-OH is 1. The molecular formula is C27H34N2O4S2. The number of fused-ring (bicyclic) bond motifs is 1. The molecule has 4 rings (SSSR count). The van der Waals surface area contributed by atoms with Gasteiger partial charge in [0.1, 0.15) is 5.75 Å². The van der Waals surface area contributed by atoms with Crippen molar-refractivity contribution in [1.82, 2.24) is 9.88 Å². The maximum atomic E-state index is 11.6. The number of benzene rings is 1. The Kier molecular flexibility index (Phi) is 9.43. The minimum atomic E-state index is -0.734. The van der Waals surface area contributed by atoms with Crippen LogP contribution in [0.25, 0.3) is 10.9 Å². The number of rotatable bonds is 12. The van der Waals surface area contributed by atoms with Crippen LogP contribution in [-0.4, -0.2) is 58.6 Å². The Bertz CT molecular complexity index is 1090. The van der Waals surface area contributed by atoms with Gasteiger partial charge in [-0.15, -0.1) is 11.8 Å². The summed E-state index contributed by atoms with van der Waals surface area (Å²) in [6.07, 6.45) is 4.80. The molecule has 0 saturated carbocycles. The molecule has 2 aromatic heterocycles. The van der Waals surface area contributed by atoms with Crippen molar-refractivity contribution in [2.24, 2.45) is 11.8 Å². The molecular weight excluding hydrogens is 480 g/mol. The van der Waals surface area contributed by atoms with Crippen LogP contribution in [0.5, 0.6) is 5.75 Å². The molecule has 0 amide bonds. The molecule has 3 heterocycles. The van der Waals surface area contributed by atoms with E-state index in [1.54, 1.807) is 24.6 Å². The first-order valence-electron chi connectivity index (χ1n) is 12.2. The Morgan fingerprint density at radius 3 is 2.97 bits per heavy atom. The lowest BCUT2D eigenvalue weighted by atomic mass is 9.79. The van der Waals surface area contributed by atoms with Crippen LogP contribution in [-0.2, 0) is 4.79 Å². The smallest absolute Gasteiger partial charge is 0.303 e. The predicted molar refractivity (Wildman–Crippen MR) is 142 cm³/mol. The second kappa shape index (κ2) is 12.7. The summed E-state index contributed by atoms with van der Waals surface area (Å²) in [6, 6.07) is 9.73. The molecule has 8 heteroatoms. The number of thiophene rings is 1. The van der Waals surface area contributed by atoms with Gasteiger partial charge in [0, 0.05) is 34.8 Å². The molecule has 1 saturated heterocycles. The Morgan fingerprint density at radius 1 is 1.31 bits per heavy atom. The zero-order valence-electron chi connectivity index (χ0n) is 20.1. The summed E-state index contributed by atoms with van der Waals surface area (Å²) in [5.41, 5.74) is 1.68. The Balaban J connectivity index is 1.32. The van der Waals surface area contributed by atoms with E-state index >= 15 is 0 Å². The van der Waals surface area contributed by atoms with E-state index in [-0.39, 0.29) is 12.3 Å². The number of ether oxygens (including phenoxy) is 1. The van der Waals surface area contributed by atoms with E-state index < -0.39 is 12.1 Å². The molecule has 1 aliphatic rings. The average molecular weight is 515 g/mol. The molecule has 2 N–H and O–H groups in total. The van der Waals surface area contributed by atoms with Gasteiger partial charge in [-0.3, -0.25) is 9.78 Å². The number of carbonyl (C=O) groups is 1. The van der Waals surface area contributed by atoms with Gasteiger partial charge >= 0.3 is 5.97 Å². The van der Waals surface area contributed by atoms with Crippen LogP contribution in [0, 0.1) is 11.8 Å². The molecule has 0 radical (unpaired) electrons. The number of pyridine rings is 1. The number of methoxy groups -OCH3 is 1. The SMILES string of the molecule is COc1ccc2nccc(C(O)CC[C@@H]3CCN(CCCSc4ccsc4)C[C@@H]3CC(=O)O)c2c1. The summed E-state index contributed by atoms with van der Waals surface area (Å²) in [4.78, 5) is 19.8. The van der Waals surface area contributed by atoms with E-state index in [4.69, 9.17) is 4.74 Å². The highest BCUT2D eigenvalue weighted by atomic mass is 32.2. The zero-order valence-corrected chi connectivity index (χ0v) is 21.8. The van der Waals surface area contributed by atoms with Crippen LogP contribution in [0.4, 0.5) is 0 Å². The van der Waals surface area contributed by atoms with Crippen molar-refractivity contribution in [2.45, 2.75) is 43.1 Å². The lowest BCUT2D eigenvalue weighted by molar-refractivity contribution is -0.139. The molecule has 1 aromatic carbocycles. The molecule has 1 fully saturated rings. The number of carboxylic acids is 1. The number of nitrogens with zero attached hydrogens (tertiary/aromatic N) is 2. The third-order valence-electron chi connectivity index (χ3n) is 6.95. The summed E-state index contributed by atoms with van der Waals surface area (Å²) in [5.74, 6) is 1.51. The molecule has 6 nitrogen and oxygen atoms in total. The van der Waals surface area contributed by atoms with E-state index in [0.717, 1.165) is 66.9 Å². The van der Waals surface area contributed by atoms with E-state index in [9.17, 15) is 15.0 Å². The summed E-state index contributed by atoms with van der Waals surface area (Å²) >= 11 is 3.61. The largest absolute Gasteiger partial charge is 0.497 e. The van der Waals surface area contributed by atoms with Crippen molar-refractivity contribution in [3.8, 4) is 5.75 Å². The lowest BCUT2D eigenvalue weighted by Crippen LogP contribution is -2.42. The summed E-state index contributed by atoms with van der Waals surface area (Å²) in [7, 11) is 1.63. The topological polar surface area (TPSA) is 82.9 Å². The van der Waals surface area contributed by atoms with Gasteiger partial charge in [-0.1, -0.05) is 0 Å². The highest BCUT2D eigenvalue weighted by Crippen LogP contribution is 2.35. The van der Waals surface area contributed by atoms with Gasteiger partial charge in [-0.05, 0) is 97.6 Å². The van der Waals surface area contributed by atoms with Crippen molar-refractivity contribution >= 4 is 40.0 Å². The minimum absolute atomic E-state index is 0.118. The Morgan fingerprint density at radius 2 is 2.20 bits per heavy atom. The first kappa shape index (κ1) is 25.9. The van der Waals surface area contributed by atoms with E-state index in [2.05, 4.69) is 26.7 Å². The zero-order chi connectivity index (χ0) is 24.6. The van der Waals surface area contributed by atoms with Gasteiger partial charge in [0.25, 0.3) is 0 Å². The highest BCUT2D eigenvalue weighted by Gasteiger charge is 2.31. The van der Waals surface area contributed by atoms with E-state index in [0.29, 0.717) is 12.3 Å². The molecule has 0 aliphatic carbocycles. The quantitative estimate of drug-likeness (QED) is 0.236. The van der Waals surface area contributed by atoms with Crippen LogP contribution in [0.2, 0.25) is 0 Å². The number of aliphatic hydroxyl groups is 1. The van der Waals surface area contributed by atoms with Crippen LogP contribution in [0.1, 0.15) is 43.8 Å². The van der Waals surface area contributed by atoms with Crippen molar-refractivity contribution in [3.05, 3.63) is 52.9 Å². The molecule has 188 valence electrons. The number of hydrogen-bond acceptors (Lipinski definition) is 7. The first-order chi connectivity index (χ1) is 17.0. The molecule has 3 aromatic rings. The number of aliphatic carboxylic acids is 1. The van der Waals surface area contributed by atoms with E-state index in [1.807, 2.05) is 36.0 Å². The standard InChI is InChI=1S/C27H34N2O4S2/c1-33-21-4-5-25-24(16-21)23(7-10-28-25)26(30)6-3-19-8-12-29(17-20(19)15-27(31)32)11-2-13-35-22-9-14-34-18-22/h4-5,7,9-10,14,16,18-20,26,30H,2-3,6,8,11-13,15,17H2,1H3,(H,31,32)/t19-,20+,26?/m1/s1. The molecule has 35 heavy (non-hydrogen) atoms. The van der Waals surface area contributed by atoms with Crippen molar-refractivity contribution in [1.29, 1.82) is 0 Å². The molecule has 0 spiro atoms.